The van der Waals surface area contributed by atoms with Crippen molar-refractivity contribution in [1.29, 1.82) is 5.26 Å². The molecule has 9 rings (SSSR count). The Balaban J connectivity index is 1.07. The number of rotatable bonds is 4. The zero-order chi connectivity index (χ0) is 30.6. The Kier molecular flexibility index (Phi) is 6.16. The highest BCUT2D eigenvalue weighted by molar-refractivity contribution is 7.99. The van der Waals surface area contributed by atoms with E-state index in [4.69, 9.17) is 5.26 Å². The number of hydrogen-bond donors (Lipinski definition) is 0. The highest BCUT2D eigenvalue weighted by Gasteiger charge is 2.22. The van der Waals surface area contributed by atoms with Crippen molar-refractivity contribution in [3.8, 4) is 56.3 Å². The zero-order valence-corrected chi connectivity index (χ0v) is 25.6. The lowest BCUT2D eigenvalue weighted by Gasteiger charge is -2.19. The van der Waals surface area contributed by atoms with Gasteiger partial charge < -0.3 is 4.57 Å². The first-order valence-corrected chi connectivity index (χ1v) is 16.2. The fraction of sp³-hybridized carbons (Fsp3) is 0. The van der Waals surface area contributed by atoms with Gasteiger partial charge in [-0.3, -0.25) is 0 Å². The Morgan fingerprint density at radius 3 is 1.63 bits per heavy atom. The van der Waals surface area contributed by atoms with Gasteiger partial charge in [0.25, 0.3) is 0 Å². The van der Waals surface area contributed by atoms with Crippen molar-refractivity contribution >= 4 is 33.6 Å². The number of aromatic nitrogens is 1. The summed E-state index contributed by atoms with van der Waals surface area (Å²) in [5.74, 6) is 0. The first-order valence-electron chi connectivity index (χ1n) is 15.4. The normalized spacial score (nSPS) is 11.8. The molecule has 2 heterocycles. The van der Waals surface area contributed by atoms with Crippen LogP contribution in [0.4, 0.5) is 0 Å². The van der Waals surface area contributed by atoms with Crippen LogP contribution >= 0.6 is 11.8 Å². The molecule has 3 heteroatoms. The molecule has 8 aromatic rings. The van der Waals surface area contributed by atoms with Crippen molar-refractivity contribution in [1.82, 2.24) is 4.57 Å². The first kappa shape index (κ1) is 26.6. The second-order valence-electron chi connectivity index (χ2n) is 11.7. The first-order chi connectivity index (χ1) is 22.7. The van der Waals surface area contributed by atoms with Crippen LogP contribution in [0.5, 0.6) is 0 Å². The van der Waals surface area contributed by atoms with E-state index in [1.807, 2.05) is 36.0 Å². The van der Waals surface area contributed by atoms with Gasteiger partial charge in [-0.2, -0.15) is 5.26 Å². The maximum atomic E-state index is 9.11. The summed E-state index contributed by atoms with van der Waals surface area (Å²) in [5, 5.41) is 11.7. The van der Waals surface area contributed by atoms with E-state index in [1.165, 1.54) is 70.7 Å². The van der Waals surface area contributed by atoms with E-state index in [2.05, 4.69) is 144 Å². The monoisotopic (exact) mass is 602 g/mol. The molecule has 0 unspecified atom stereocenters. The molecule has 1 aliphatic heterocycles. The molecular formula is C43H26N2S. The Morgan fingerprint density at radius 1 is 0.435 bits per heavy atom. The average Bonchev–Trinajstić information content (AvgIpc) is 3.47. The fourth-order valence-electron chi connectivity index (χ4n) is 6.75. The van der Waals surface area contributed by atoms with Crippen LogP contribution in [0.25, 0.3) is 72.0 Å². The lowest BCUT2D eigenvalue weighted by atomic mass is 9.95. The molecule has 1 aliphatic rings. The minimum atomic E-state index is 0.675. The van der Waals surface area contributed by atoms with Crippen molar-refractivity contribution in [2.45, 2.75) is 9.79 Å². The molecule has 0 radical (unpaired) electrons. The van der Waals surface area contributed by atoms with Crippen LogP contribution in [0.2, 0.25) is 0 Å². The van der Waals surface area contributed by atoms with E-state index in [9.17, 15) is 0 Å². The maximum Gasteiger partial charge on any atom is 0.0991 e. The fourth-order valence-corrected chi connectivity index (χ4v) is 7.84. The molecule has 46 heavy (non-hydrogen) atoms. The third-order valence-corrected chi connectivity index (χ3v) is 10.1. The van der Waals surface area contributed by atoms with Gasteiger partial charge in [-0.25, -0.2) is 0 Å². The average molecular weight is 603 g/mol. The Hall–Kier alpha value is -5.82. The number of fused-ring (bicyclic) bond motifs is 5. The smallest absolute Gasteiger partial charge is 0.0991 e. The Morgan fingerprint density at radius 2 is 0.957 bits per heavy atom. The van der Waals surface area contributed by atoms with Crippen LogP contribution in [0, 0.1) is 11.3 Å². The second-order valence-corrected chi connectivity index (χ2v) is 12.8. The SMILES string of the molecule is N#Cc1ccc(-c2ccc(-c3cccc(-c4cccc(-c5ccc6c(c5)c5cccc7c5n6-c5ccccc5S7)c4)c3)cc2)cc1. The molecule has 0 N–H and O–H groups in total. The second kappa shape index (κ2) is 10.7. The molecule has 0 amide bonds. The molecule has 2 nitrogen and oxygen atoms in total. The summed E-state index contributed by atoms with van der Waals surface area (Å²) in [6.45, 7) is 0. The van der Waals surface area contributed by atoms with Gasteiger partial charge in [-0.1, -0.05) is 115 Å². The van der Waals surface area contributed by atoms with Crippen LogP contribution in [-0.4, -0.2) is 4.57 Å². The lowest BCUT2D eigenvalue weighted by molar-refractivity contribution is 1.09. The molecule has 0 atom stereocenters. The van der Waals surface area contributed by atoms with Crippen molar-refractivity contribution in [3.63, 3.8) is 0 Å². The highest BCUT2D eigenvalue weighted by atomic mass is 32.2. The standard InChI is InChI=1S/C43H26N2S/c44-27-28-14-16-29(17-15-28)30-18-20-31(21-19-30)32-6-3-7-33(24-32)34-8-4-9-35(25-34)36-22-23-39-38(26-36)37-10-5-13-42-43(37)45(39)40-11-1-2-12-41(40)46-42/h1-26H. The number of nitrogens with zero attached hydrogens (tertiary/aromatic N) is 2. The largest absolute Gasteiger partial charge is 0.307 e. The van der Waals surface area contributed by atoms with Crippen LogP contribution < -0.4 is 0 Å². The van der Waals surface area contributed by atoms with Crippen molar-refractivity contribution < 1.29 is 0 Å². The molecule has 0 saturated heterocycles. The molecule has 7 aromatic carbocycles. The van der Waals surface area contributed by atoms with Crippen LogP contribution in [0.3, 0.4) is 0 Å². The molecular weight excluding hydrogens is 577 g/mol. The minimum absolute atomic E-state index is 0.675. The van der Waals surface area contributed by atoms with Gasteiger partial charge in [0.2, 0.25) is 0 Å². The molecule has 0 aliphatic carbocycles. The van der Waals surface area contributed by atoms with Gasteiger partial charge in [-0.15, -0.1) is 0 Å². The van der Waals surface area contributed by atoms with Gasteiger partial charge in [0.1, 0.15) is 0 Å². The number of nitriles is 1. The van der Waals surface area contributed by atoms with Gasteiger partial charge in [0.05, 0.1) is 28.4 Å². The van der Waals surface area contributed by atoms with Crippen molar-refractivity contribution in [2.75, 3.05) is 0 Å². The molecule has 0 bridgehead atoms. The zero-order valence-electron chi connectivity index (χ0n) is 24.8. The summed E-state index contributed by atoms with van der Waals surface area (Å²) in [6, 6.07) is 58.5. The van der Waals surface area contributed by atoms with E-state index in [1.54, 1.807) is 0 Å². The Bertz CT molecular complexity index is 2500. The third-order valence-electron chi connectivity index (χ3n) is 9.03. The minimum Gasteiger partial charge on any atom is -0.307 e. The molecule has 0 fully saturated rings. The van der Waals surface area contributed by atoms with Crippen LogP contribution in [0.15, 0.2) is 168 Å². The molecule has 0 saturated carbocycles. The van der Waals surface area contributed by atoms with Gasteiger partial charge in [-0.05, 0) is 99.1 Å². The molecule has 1 aromatic heterocycles. The summed E-state index contributed by atoms with van der Waals surface area (Å²) >= 11 is 1.86. The summed E-state index contributed by atoms with van der Waals surface area (Å²) < 4.78 is 2.44. The summed E-state index contributed by atoms with van der Waals surface area (Å²) in [6.07, 6.45) is 0. The van der Waals surface area contributed by atoms with Gasteiger partial charge in [0.15, 0.2) is 0 Å². The highest BCUT2D eigenvalue weighted by Crippen LogP contribution is 2.47. The van der Waals surface area contributed by atoms with E-state index >= 15 is 0 Å². The maximum absolute atomic E-state index is 9.11. The molecule has 0 spiro atoms. The van der Waals surface area contributed by atoms with Crippen molar-refractivity contribution in [2.24, 2.45) is 0 Å². The quantitative estimate of drug-likeness (QED) is 0.200. The van der Waals surface area contributed by atoms with Gasteiger partial charge >= 0.3 is 0 Å². The van der Waals surface area contributed by atoms with Gasteiger partial charge in [0, 0.05) is 20.6 Å². The number of para-hydroxylation sites is 2. The summed E-state index contributed by atoms with van der Waals surface area (Å²) in [7, 11) is 0. The third kappa shape index (κ3) is 4.35. The van der Waals surface area contributed by atoms with E-state index in [0.717, 1.165) is 11.1 Å². The van der Waals surface area contributed by atoms with E-state index < -0.39 is 0 Å². The predicted octanol–water partition coefficient (Wildman–Crippen LogP) is 11.8. The predicted molar refractivity (Wildman–Crippen MR) is 191 cm³/mol. The Labute approximate surface area is 271 Å². The summed E-state index contributed by atoms with van der Waals surface area (Å²) in [5.41, 5.74) is 13.9. The number of benzene rings is 7. The topological polar surface area (TPSA) is 28.7 Å². The van der Waals surface area contributed by atoms with Crippen LogP contribution in [0.1, 0.15) is 5.56 Å². The van der Waals surface area contributed by atoms with Crippen molar-refractivity contribution in [3.05, 3.63) is 163 Å². The lowest BCUT2D eigenvalue weighted by Crippen LogP contribution is -2.00. The van der Waals surface area contributed by atoms with E-state index in [-0.39, 0.29) is 0 Å². The van der Waals surface area contributed by atoms with E-state index in [0.29, 0.717) is 5.56 Å². The van der Waals surface area contributed by atoms with Crippen LogP contribution in [-0.2, 0) is 0 Å². The summed E-state index contributed by atoms with van der Waals surface area (Å²) in [4.78, 5) is 2.60. The number of hydrogen-bond acceptors (Lipinski definition) is 2. The molecule has 214 valence electrons.